The molecule has 0 heterocycles. The lowest BCUT2D eigenvalue weighted by Crippen LogP contribution is -2.13. The lowest BCUT2D eigenvalue weighted by Gasteiger charge is -2.23. The van der Waals surface area contributed by atoms with Crippen LogP contribution in [0.3, 0.4) is 0 Å². The summed E-state index contributed by atoms with van der Waals surface area (Å²) in [6, 6.07) is 4.74. The Morgan fingerprint density at radius 1 is 0.900 bits per heavy atom. The number of anilines is 1. The zero-order chi connectivity index (χ0) is 15.3. The number of hydrogen-bond donors (Lipinski definition) is 1. The number of ether oxygens (including phenoxy) is 1. The van der Waals surface area contributed by atoms with Crippen LogP contribution in [0.2, 0.25) is 0 Å². The topological polar surface area (TPSA) is 21.3 Å². The van der Waals surface area contributed by atoms with E-state index in [1.807, 2.05) is 0 Å². The van der Waals surface area contributed by atoms with E-state index in [9.17, 15) is 0 Å². The van der Waals surface area contributed by atoms with E-state index in [4.69, 9.17) is 4.74 Å². The number of rotatable bonds is 7. The van der Waals surface area contributed by atoms with E-state index >= 15 is 0 Å². The zero-order valence-electron chi connectivity index (χ0n) is 14.2. The van der Waals surface area contributed by atoms with Crippen molar-refractivity contribution in [1.82, 2.24) is 0 Å². The molecule has 0 bridgehead atoms. The molecule has 0 aliphatic rings. The van der Waals surface area contributed by atoms with Gasteiger partial charge in [0.2, 0.25) is 0 Å². The lowest BCUT2D eigenvalue weighted by atomic mass is 9.87. The Hall–Kier alpha value is -1.02. The Labute approximate surface area is 124 Å². The summed E-state index contributed by atoms with van der Waals surface area (Å²) in [6.07, 6.45) is 0. The fourth-order valence-corrected chi connectivity index (χ4v) is 2.44. The molecule has 0 aromatic heterocycles. The fourth-order valence-electron chi connectivity index (χ4n) is 2.44. The van der Waals surface area contributed by atoms with Crippen molar-refractivity contribution < 1.29 is 4.74 Å². The summed E-state index contributed by atoms with van der Waals surface area (Å²) in [5.74, 6) is 1.62. The van der Waals surface area contributed by atoms with E-state index < -0.39 is 0 Å². The highest BCUT2D eigenvalue weighted by atomic mass is 16.5. The van der Waals surface area contributed by atoms with E-state index in [-0.39, 0.29) is 0 Å². The molecule has 0 fully saturated rings. The summed E-state index contributed by atoms with van der Waals surface area (Å²) < 4.78 is 5.16. The summed E-state index contributed by atoms with van der Waals surface area (Å²) in [5.41, 5.74) is 5.61. The minimum Gasteiger partial charge on any atom is -0.383 e. The van der Waals surface area contributed by atoms with Crippen LogP contribution < -0.4 is 5.32 Å². The molecule has 0 aliphatic carbocycles. The predicted molar refractivity (Wildman–Crippen MR) is 89.1 cm³/mol. The van der Waals surface area contributed by atoms with Crippen LogP contribution in [0.25, 0.3) is 0 Å². The van der Waals surface area contributed by atoms with Crippen LogP contribution in [-0.4, -0.2) is 20.3 Å². The fraction of sp³-hybridized carbons (Fsp3) is 0.667. The first-order chi connectivity index (χ1) is 9.38. The van der Waals surface area contributed by atoms with Crippen LogP contribution in [0.5, 0.6) is 0 Å². The largest absolute Gasteiger partial charge is 0.383 e. The average molecular weight is 277 g/mol. The van der Waals surface area contributed by atoms with Crippen molar-refractivity contribution in [3.05, 3.63) is 28.8 Å². The van der Waals surface area contributed by atoms with Gasteiger partial charge in [0.15, 0.2) is 0 Å². The Morgan fingerprint density at radius 3 is 1.75 bits per heavy atom. The van der Waals surface area contributed by atoms with Crippen molar-refractivity contribution in [2.75, 3.05) is 25.6 Å². The van der Waals surface area contributed by atoms with E-state index in [1.165, 1.54) is 22.4 Å². The van der Waals surface area contributed by atoms with Crippen molar-refractivity contribution in [3.63, 3.8) is 0 Å². The van der Waals surface area contributed by atoms with E-state index in [1.54, 1.807) is 7.11 Å². The molecule has 0 amide bonds. The molecule has 0 aliphatic heterocycles. The van der Waals surface area contributed by atoms with Gasteiger partial charge in [-0.1, -0.05) is 53.7 Å². The van der Waals surface area contributed by atoms with Gasteiger partial charge in [-0.15, -0.1) is 0 Å². The number of methoxy groups -OCH3 is 1. The highest BCUT2D eigenvalue weighted by molar-refractivity contribution is 5.62. The van der Waals surface area contributed by atoms with Gasteiger partial charge in [0, 0.05) is 19.3 Å². The van der Waals surface area contributed by atoms with Gasteiger partial charge in [-0.25, -0.2) is 0 Å². The van der Waals surface area contributed by atoms with Gasteiger partial charge in [0.05, 0.1) is 6.61 Å². The van der Waals surface area contributed by atoms with Crippen molar-refractivity contribution >= 4 is 5.69 Å². The van der Waals surface area contributed by atoms with Crippen molar-refractivity contribution in [1.29, 1.82) is 0 Å². The first kappa shape index (κ1) is 17.0. The van der Waals surface area contributed by atoms with Crippen LogP contribution >= 0.6 is 0 Å². The van der Waals surface area contributed by atoms with Crippen LogP contribution in [0.1, 0.15) is 76.0 Å². The molecule has 1 rings (SSSR count). The van der Waals surface area contributed by atoms with Gasteiger partial charge in [0.25, 0.3) is 0 Å². The second-order valence-corrected chi connectivity index (χ2v) is 6.46. The van der Waals surface area contributed by atoms with Gasteiger partial charge < -0.3 is 10.1 Å². The normalized spacial score (nSPS) is 11.7. The molecule has 1 N–H and O–H groups in total. The number of hydrogen-bond acceptors (Lipinski definition) is 2. The Balaban J connectivity index is 3.27. The predicted octanol–water partition coefficient (Wildman–Crippen LogP) is 5.12. The maximum Gasteiger partial charge on any atom is 0.0635 e. The van der Waals surface area contributed by atoms with Crippen LogP contribution in [0.15, 0.2) is 12.1 Å². The van der Waals surface area contributed by atoms with Crippen molar-refractivity contribution in [3.8, 4) is 0 Å². The molecular weight excluding hydrogens is 246 g/mol. The second kappa shape index (κ2) is 7.68. The highest BCUT2D eigenvalue weighted by Crippen LogP contribution is 2.35. The molecule has 0 saturated heterocycles. The van der Waals surface area contributed by atoms with Crippen molar-refractivity contribution in [2.45, 2.75) is 59.3 Å². The molecule has 1 aromatic rings. The minimum atomic E-state index is 0.524. The quantitative estimate of drug-likeness (QED) is 0.699. The van der Waals surface area contributed by atoms with Gasteiger partial charge >= 0.3 is 0 Å². The summed E-state index contributed by atoms with van der Waals surface area (Å²) >= 11 is 0. The maximum atomic E-state index is 5.16. The standard InChI is InChI=1S/C18H31NO/c1-12(2)15-10-16(13(3)4)18(19-8-9-20-7)17(11-15)14(5)6/h10-14,19H,8-9H2,1-7H3. The Kier molecular flexibility index (Phi) is 6.54. The SMILES string of the molecule is COCCNc1c(C(C)C)cc(C(C)C)cc1C(C)C. The van der Waals surface area contributed by atoms with Gasteiger partial charge in [-0.3, -0.25) is 0 Å². The monoisotopic (exact) mass is 277 g/mol. The third-order valence-corrected chi connectivity index (χ3v) is 3.74. The molecule has 0 spiro atoms. The molecular formula is C18H31NO. The molecule has 2 nitrogen and oxygen atoms in total. The maximum absolute atomic E-state index is 5.16. The van der Waals surface area contributed by atoms with Crippen LogP contribution in [0, 0.1) is 0 Å². The number of nitrogens with one attached hydrogen (secondary N) is 1. The van der Waals surface area contributed by atoms with E-state index in [2.05, 4.69) is 59.0 Å². The van der Waals surface area contributed by atoms with E-state index in [0.29, 0.717) is 17.8 Å². The molecule has 2 heteroatoms. The molecule has 114 valence electrons. The molecule has 0 saturated carbocycles. The highest BCUT2D eigenvalue weighted by Gasteiger charge is 2.16. The lowest BCUT2D eigenvalue weighted by molar-refractivity contribution is 0.210. The van der Waals surface area contributed by atoms with Crippen molar-refractivity contribution in [2.24, 2.45) is 0 Å². The van der Waals surface area contributed by atoms with Gasteiger partial charge in [-0.05, 0) is 34.4 Å². The summed E-state index contributed by atoms with van der Waals surface area (Å²) in [6.45, 7) is 15.2. The minimum absolute atomic E-state index is 0.524. The smallest absolute Gasteiger partial charge is 0.0635 e. The Bertz CT molecular complexity index is 392. The first-order valence-corrected chi connectivity index (χ1v) is 7.79. The molecule has 1 aromatic carbocycles. The first-order valence-electron chi connectivity index (χ1n) is 7.79. The summed E-state index contributed by atoms with van der Waals surface area (Å²) in [7, 11) is 1.75. The van der Waals surface area contributed by atoms with Crippen LogP contribution in [-0.2, 0) is 4.74 Å². The molecule has 0 unspecified atom stereocenters. The third-order valence-electron chi connectivity index (χ3n) is 3.74. The zero-order valence-corrected chi connectivity index (χ0v) is 14.2. The van der Waals surface area contributed by atoms with E-state index in [0.717, 1.165) is 13.2 Å². The third kappa shape index (κ3) is 4.24. The Morgan fingerprint density at radius 2 is 1.40 bits per heavy atom. The van der Waals surface area contributed by atoms with Crippen LogP contribution in [0.4, 0.5) is 5.69 Å². The number of benzene rings is 1. The summed E-state index contributed by atoms with van der Waals surface area (Å²) in [4.78, 5) is 0. The molecule has 0 atom stereocenters. The second-order valence-electron chi connectivity index (χ2n) is 6.46. The molecule has 0 radical (unpaired) electrons. The molecule has 20 heavy (non-hydrogen) atoms. The van der Waals surface area contributed by atoms with Gasteiger partial charge in [0.1, 0.15) is 0 Å². The summed E-state index contributed by atoms with van der Waals surface area (Å²) in [5, 5.41) is 3.59. The van der Waals surface area contributed by atoms with Gasteiger partial charge in [-0.2, -0.15) is 0 Å². The average Bonchev–Trinajstić information content (AvgIpc) is 2.37.